The Morgan fingerprint density at radius 2 is 1.07 bits per heavy atom. The summed E-state index contributed by atoms with van der Waals surface area (Å²) in [6.07, 6.45) is 2.19. The first-order chi connectivity index (χ1) is 28.6. The van der Waals surface area contributed by atoms with E-state index in [2.05, 4.69) is 132 Å². The van der Waals surface area contributed by atoms with Crippen LogP contribution in [0.2, 0.25) is 0 Å². The van der Waals surface area contributed by atoms with E-state index in [1.807, 2.05) is 35.2 Å². The fraction of sp³-hybridized carbons (Fsp3) is 0.396. The van der Waals surface area contributed by atoms with Crippen LogP contribution in [0.1, 0.15) is 143 Å². The Balaban J connectivity index is 1.46. The summed E-state index contributed by atoms with van der Waals surface area (Å²) >= 11 is 1.81. The van der Waals surface area contributed by atoms with Gasteiger partial charge in [-0.3, -0.25) is 0 Å². The lowest BCUT2D eigenvalue weighted by molar-refractivity contribution is 0.332. The topological polar surface area (TPSA) is 6.48 Å². The Morgan fingerprint density at radius 1 is 0.596 bits per heavy atom. The Kier molecular flexibility index (Phi) is 7.09. The number of hydrogen-bond donors (Lipinski definition) is 0. The SMILES string of the molecule is [2H]c1cc(C(C)(C)C)cc([2H])c1N1c2cc(C)cc3c2B(c2cc(C(C)(C)C)cc([2H])c21)c1sc2cc4c(cc2c1N3c1c([2H])cc(C(C)(C)C)cc1[2H])C(C)(C)CCC4(C)C. The van der Waals surface area contributed by atoms with E-state index in [-0.39, 0.29) is 45.9 Å². The predicted molar refractivity (Wildman–Crippen MR) is 252 cm³/mol. The minimum absolute atomic E-state index is 0.00605. The smallest absolute Gasteiger partial charge is 0.264 e. The van der Waals surface area contributed by atoms with Crippen molar-refractivity contribution in [2.24, 2.45) is 0 Å². The van der Waals surface area contributed by atoms with Gasteiger partial charge in [-0.1, -0.05) is 126 Å². The van der Waals surface area contributed by atoms with Gasteiger partial charge >= 0.3 is 0 Å². The van der Waals surface area contributed by atoms with Crippen molar-refractivity contribution in [2.45, 2.75) is 137 Å². The lowest BCUT2D eigenvalue weighted by atomic mass is 9.36. The second-order valence-electron chi connectivity index (χ2n) is 21.5. The van der Waals surface area contributed by atoms with Crippen LogP contribution in [0, 0.1) is 6.92 Å². The van der Waals surface area contributed by atoms with E-state index in [1.165, 1.54) is 15.8 Å². The van der Waals surface area contributed by atoms with E-state index >= 15 is 0 Å². The summed E-state index contributed by atoms with van der Waals surface area (Å²) in [4.78, 5) is 4.26. The van der Waals surface area contributed by atoms with Gasteiger partial charge in [0, 0.05) is 43.3 Å². The molecule has 0 saturated heterocycles. The third-order valence-electron chi connectivity index (χ3n) is 13.2. The summed E-state index contributed by atoms with van der Waals surface area (Å²) in [5.41, 5.74) is 12.3. The van der Waals surface area contributed by atoms with Gasteiger partial charge in [-0.15, -0.1) is 11.3 Å². The minimum atomic E-state index is -0.283. The van der Waals surface area contributed by atoms with Crippen LogP contribution in [0.5, 0.6) is 0 Å². The van der Waals surface area contributed by atoms with Gasteiger partial charge in [-0.05, 0) is 146 Å². The molecular weight excluding hydrogens is 707 g/mol. The molecule has 1 aromatic heterocycles. The van der Waals surface area contributed by atoms with Gasteiger partial charge < -0.3 is 9.80 Å². The van der Waals surface area contributed by atoms with Gasteiger partial charge in [0.1, 0.15) is 0 Å². The van der Waals surface area contributed by atoms with Crippen LogP contribution in [-0.4, -0.2) is 6.71 Å². The Bertz CT molecular complexity index is 2860. The third-order valence-corrected chi connectivity index (χ3v) is 14.4. The lowest BCUT2D eigenvalue weighted by Gasteiger charge is -2.44. The van der Waals surface area contributed by atoms with E-state index in [1.54, 1.807) is 11.3 Å². The zero-order valence-electron chi connectivity index (χ0n) is 41.6. The lowest BCUT2D eigenvalue weighted by Crippen LogP contribution is -2.60. The molecule has 3 aliphatic rings. The van der Waals surface area contributed by atoms with Crippen LogP contribution in [0.4, 0.5) is 34.1 Å². The van der Waals surface area contributed by atoms with Crippen molar-refractivity contribution in [3.63, 3.8) is 0 Å². The average molecular weight is 774 g/mol. The molecule has 0 bridgehead atoms. The van der Waals surface area contributed by atoms with Crippen molar-refractivity contribution in [2.75, 3.05) is 9.80 Å². The molecule has 6 aromatic rings. The number of benzene rings is 5. The number of hydrogen-bond acceptors (Lipinski definition) is 3. The van der Waals surface area contributed by atoms with Gasteiger partial charge in [-0.25, -0.2) is 0 Å². The standard InChI is InChI=1S/C53H61BN2S/c1-32-27-43-46-44(28-32)56(37-22-17-34(18-23-37)50(5,6)7)47-38-30-39-40(53(13,14)26-25-52(39,11)12)31-45(38)57-48(47)54(46)41-29-35(51(8,9)10)19-24-42(41)55(43)36-20-15-33(16-21-36)49(2,3)4/h15-24,27-31H,25-26H2,1-14H3/i20D,21D,22D,23D,24D. The number of thiophene rings is 1. The molecule has 0 fully saturated rings. The van der Waals surface area contributed by atoms with E-state index in [0.717, 1.165) is 73.2 Å². The summed E-state index contributed by atoms with van der Waals surface area (Å²) in [6, 6.07) is 22.7. The molecule has 1 aliphatic carbocycles. The third kappa shape index (κ3) is 6.02. The second kappa shape index (κ2) is 12.4. The fourth-order valence-corrected chi connectivity index (χ4v) is 10.7. The summed E-state index contributed by atoms with van der Waals surface area (Å²) in [6.45, 7) is 30.6. The highest BCUT2D eigenvalue weighted by Crippen LogP contribution is 2.52. The van der Waals surface area contributed by atoms with Gasteiger partial charge in [0.15, 0.2) is 0 Å². The van der Waals surface area contributed by atoms with Crippen LogP contribution in [0.15, 0.2) is 90.9 Å². The van der Waals surface area contributed by atoms with Crippen molar-refractivity contribution >= 4 is 78.0 Å². The molecular formula is C53H61BN2S. The molecule has 292 valence electrons. The van der Waals surface area contributed by atoms with E-state index < -0.39 is 0 Å². The molecule has 4 heteroatoms. The van der Waals surface area contributed by atoms with Gasteiger partial charge in [-0.2, -0.15) is 0 Å². The molecule has 5 aromatic carbocycles. The van der Waals surface area contributed by atoms with Crippen LogP contribution in [0.3, 0.4) is 0 Å². The monoisotopic (exact) mass is 773 g/mol. The molecule has 57 heavy (non-hydrogen) atoms. The number of anilines is 6. The van der Waals surface area contributed by atoms with E-state index in [4.69, 9.17) is 0 Å². The number of aryl methyl sites for hydroxylation is 1. The fourth-order valence-electron chi connectivity index (χ4n) is 9.38. The molecule has 0 amide bonds. The Morgan fingerprint density at radius 3 is 1.60 bits per heavy atom. The normalized spacial score (nSPS) is 18.2. The molecule has 0 atom stereocenters. The summed E-state index contributed by atoms with van der Waals surface area (Å²) in [5.74, 6) is 0. The number of fused-ring (bicyclic) bond motifs is 7. The Labute approximate surface area is 354 Å². The molecule has 2 aliphatic heterocycles. The first kappa shape index (κ1) is 32.7. The molecule has 0 radical (unpaired) electrons. The maximum Gasteiger partial charge on any atom is 0.264 e. The molecule has 0 N–H and O–H groups in total. The molecule has 9 rings (SSSR count). The van der Waals surface area contributed by atoms with Gasteiger partial charge in [0.2, 0.25) is 0 Å². The number of rotatable bonds is 2. The summed E-state index contributed by atoms with van der Waals surface area (Å²) in [7, 11) is 0. The second-order valence-corrected chi connectivity index (χ2v) is 22.6. The number of nitrogens with zero attached hydrogens (tertiary/aromatic N) is 2. The highest BCUT2D eigenvalue weighted by Gasteiger charge is 2.47. The summed E-state index contributed by atoms with van der Waals surface area (Å²) in [5, 5.41) is 1.13. The first-order valence-electron chi connectivity index (χ1n) is 23.3. The van der Waals surface area contributed by atoms with Gasteiger partial charge in [0.05, 0.1) is 12.5 Å². The maximum atomic E-state index is 9.94. The average Bonchev–Trinajstić information content (AvgIpc) is 3.51. The van der Waals surface area contributed by atoms with Crippen LogP contribution >= 0.6 is 11.3 Å². The van der Waals surface area contributed by atoms with Crippen LogP contribution < -0.4 is 25.5 Å². The van der Waals surface area contributed by atoms with Crippen molar-refractivity contribution < 1.29 is 6.85 Å². The highest BCUT2D eigenvalue weighted by atomic mass is 32.1. The quantitative estimate of drug-likeness (QED) is 0.161. The molecule has 0 unspecified atom stereocenters. The molecule has 0 saturated carbocycles. The van der Waals surface area contributed by atoms with Crippen LogP contribution in [0.25, 0.3) is 10.1 Å². The predicted octanol–water partition coefficient (Wildman–Crippen LogP) is 13.5. The van der Waals surface area contributed by atoms with Crippen LogP contribution in [-0.2, 0) is 27.1 Å². The van der Waals surface area contributed by atoms with Gasteiger partial charge in [0.25, 0.3) is 6.71 Å². The molecule has 2 nitrogen and oxygen atoms in total. The maximum absolute atomic E-state index is 9.94. The zero-order chi connectivity index (χ0) is 45.1. The van der Waals surface area contributed by atoms with Crippen molar-refractivity contribution in [3.05, 3.63) is 124 Å². The van der Waals surface area contributed by atoms with Crippen molar-refractivity contribution in [1.82, 2.24) is 0 Å². The Hall–Kier alpha value is -4.28. The molecule has 3 heterocycles. The van der Waals surface area contributed by atoms with Crippen molar-refractivity contribution in [3.8, 4) is 0 Å². The molecule has 0 spiro atoms. The van der Waals surface area contributed by atoms with E-state index in [0.29, 0.717) is 35.2 Å². The largest absolute Gasteiger partial charge is 0.311 e. The zero-order valence-corrected chi connectivity index (χ0v) is 37.4. The van der Waals surface area contributed by atoms with E-state index in [9.17, 15) is 6.85 Å². The highest BCUT2D eigenvalue weighted by molar-refractivity contribution is 7.33. The summed E-state index contributed by atoms with van der Waals surface area (Å²) < 4.78 is 51.1. The van der Waals surface area contributed by atoms with Crippen molar-refractivity contribution in [1.29, 1.82) is 0 Å². The minimum Gasteiger partial charge on any atom is -0.311 e. The first-order valence-corrected chi connectivity index (χ1v) is 21.7.